The van der Waals surface area contributed by atoms with Crippen LogP contribution >= 0.6 is 22.9 Å². The standard InChI is InChI=1S/C23H24ClNO4S/c1-14-12-18-21(15(2)22(14)24)17(27)13-23(29-18)7-9-25(10-8-23)20(28)6-5-16(26)19-4-3-11-30-19/h3-4,11-12H,5-10,13H2,1-2H3. The number of carbonyl (C=O) groups excluding carboxylic acids is 3. The molecule has 2 aliphatic rings. The van der Waals surface area contributed by atoms with Gasteiger partial charge in [-0.25, -0.2) is 0 Å². The van der Waals surface area contributed by atoms with Gasteiger partial charge in [0.2, 0.25) is 5.91 Å². The van der Waals surface area contributed by atoms with Crippen LogP contribution in [-0.2, 0) is 4.79 Å². The van der Waals surface area contributed by atoms with Gasteiger partial charge in [-0.15, -0.1) is 11.3 Å². The van der Waals surface area contributed by atoms with Gasteiger partial charge in [-0.3, -0.25) is 14.4 Å². The number of hydrogen-bond acceptors (Lipinski definition) is 5. The third-order valence-corrected chi connectivity index (χ3v) is 7.61. The number of halogens is 1. The van der Waals surface area contributed by atoms with Crippen molar-refractivity contribution in [3.05, 3.63) is 50.2 Å². The molecule has 0 atom stereocenters. The van der Waals surface area contributed by atoms with Crippen LogP contribution in [0.4, 0.5) is 0 Å². The second kappa shape index (κ2) is 8.16. The van der Waals surface area contributed by atoms with Crippen molar-refractivity contribution >= 4 is 40.4 Å². The molecule has 2 aromatic rings. The van der Waals surface area contributed by atoms with Gasteiger partial charge in [0.1, 0.15) is 11.4 Å². The Bertz CT molecular complexity index is 1010. The minimum absolute atomic E-state index is 0.00838. The highest BCUT2D eigenvalue weighted by Gasteiger charge is 2.44. The molecule has 1 saturated heterocycles. The van der Waals surface area contributed by atoms with E-state index in [1.807, 2.05) is 31.4 Å². The molecule has 0 unspecified atom stereocenters. The van der Waals surface area contributed by atoms with Crippen LogP contribution in [0.25, 0.3) is 0 Å². The molecule has 1 aromatic heterocycles. The van der Waals surface area contributed by atoms with E-state index in [0.717, 1.165) is 11.1 Å². The van der Waals surface area contributed by atoms with E-state index in [1.54, 1.807) is 11.0 Å². The molecule has 1 fully saturated rings. The van der Waals surface area contributed by atoms with E-state index in [-0.39, 0.29) is 30.3 Å². The summed E-state index contributed by atoms with van der Waals surface area (Å²) < 4.78 is 6.35. The fourth-order valence-electron chi connectivity index (χ4n) is 4.38. The average molecular weight is 446 g/mol. The van der Waals surface area contributed by atoms with Crippen LogP contribution in [0.5, 0.6) is 5.75 Å². The predicted octanol–water partition coefficient (Wildman–Crippen LogP) is 5.01. The predicted molar refractivity (Wildman–Crippen MR) is 117 cm³/mol. The van der Waals surface area contributed by atoms with Crippen LogP contribution in [-0.4, -0.2) is 41.1 Å². The highest BCUT2D eigenvalue weighted by atomic mass is 35.5. The highest BCUT2D eigenvalue weighted by molar-refractivity contribution is 7.12. The van der Waals surface area contributed by atoms with Crippen molar-refractivity contribution < 1.29 is 19.1 Å². The molecule has 0 N–H and O–H groups in total. The van der Waals surface area contributed by atoms with Gasteiger partial charge in [-0.1, -0.05) is 17.7 Å². The molecule has 4 rings (SSSR count). The molecule has 3 heterocycles. The molecule has 5 nitrogen and oxygen atoms in total. The summed E-state index contributed by atoms with van der Waals surface area (Å²) in [5.41, 5.74) is 1.68. The lowest BCUT2D eigenvalue weighted by molar-refractivity contribution is -0.134. The maximum absolute atomic E-state index is 12.9. The summed E-state index contributed by atoms with van der Waals surface area (Å²) in [6.07, 6.45) is 1.94. The van der Waals surface area contributed by atoms with Gasteiger partial charge >= 0.3 is 0 Å². The van der Waals surface area contributed by atoms with Gasteiger partial charge in [-0.2, -0.15) is 0 Å². The van der Waals surface area contributed by atoms with Crippen LogP contribution in [0.15, 0.2) is 23.6 Å². The normalized spacial score (nSPS) is 17.6. The van der Waals surface area contributed by atoms with E-state index in [4.69, 9.17) is 16.3 Å². The number of ether oxygens (including phenoxy) is 1. The molecule has 1 aromatic carbocycles. The second-order valence-electron chi connectivity index (χ2n) is 8.17. The molecule has 30 heavy (non-hydrogen) atoms. The number of nitrogens with zero attached hydrogens (tertiary/aromatic N) is 1. The third-order valence-electron chi connectivity index (χ3n) is 6.12. The number of hydrogen-bond donors (Lipinski definition) is 0. The van der Waals surface area contributed by atoms with E-state index < -0.39 is 5.60 Å². The maximum Gasteiger partial charge on any atom is 0.223 e. The number of aryl methyl sites for hydroxylation is 1. The van der Waals surface area contributed by atoms with Crippen LogP contribution in [0.3, 0.4) is 0 Å². The Balaban J connectivity index is 1.39. The Morgan fingerprint density at radius 2 is 1.97 bits per heavy atom. The molecule has 0 saturated carbocycles. The molecule has 1 amide bonds. The summed E-state index contributed by atoms with van der Waals surface area (Å²) in [6.45, 7) is 4.82. The monoisotopic (exact) mass is 445 g/mol. The van der Waals surface area contributed by atoms with E-state index in [1.165, 1.54) is 11.3 Å². The number of piperidine rings is 1. The number of Topliss-reactive ketones (excluding diaryl/α,β-unsaturated/α-hetero) is 2. The minimum atomic E-state index is -0.569. The molecular weight excluding hydrogens is 422 g/mol. The van der Waals surface area contributed by atoms with Gasteiger partial charge < -0.3 is 9.64 Å². The molecule has 2 aliphatic heterocycles. The lowest BCUT2D eigenvalue weighted by Gasteiger charge is -2.44. The van der Waals surface area contributed by atoms with Crippen LogP contribution < -0.4 is 4.74 Å². The van der Waals surface area contributed by atoms with Crippen LogP contribution in [0, 0.1) is 13.8 Å². The lowest BCUT2D eigenvalue weighted by Crippen LogP contribution is -2.52. The molecule has 0 bridgehead atoms. The van der Waals surface area contributed by atoms with Crippen molar-refractivity contribution in [1.29, 1.82) is 0 Å². The van der Waals surface area contributed by atoms with Crippen molar-refractivity contribution in [3.8, 4) is 5.75 Å². The Morgan fingerprint density at radius 1 is 1.23 bits per heavy atom. The zero-order chi connectivity index (χ0) is 21.5. The Morgan fingerprint density at radius 3 is 2.63 bits per heavy atom. The Labute approximate surface area is 185 Å². The number of benzene rings is 1. The smallest absolute Gasteiger partial charge is 0.223 e. The second-order valence-corrected chi connectivity index (χ2v) is 9.50. The van der Waals surface area contributed by atoms with E-state index in [9.17, 15) is 14.4 Å². The van der Waals surface area contributed by atoms with Crippen molar-refractivity contribution in [2.24, 2.45) is 0 Å². The zero-order valence-corrected chi connectivity index (χ0v) is 18.7. The zero-order valence-electron chi connectivity index (χ0n) is 17.1. The molecule has 1 spiro atoms. The lowest BCUT2D eigenvalue weighted by atomic mass is 9.81. The molecule has 158 valence electrons. The number of ketones is 2. The molecular formula is C23H24ClNO4S. The summed E-state index contributed by atoms with van der Waals surface area (Å²) in [7, 11) is 0. The summed E-state index contributed by atoms with van der Waals surface area (Å²) >= 11 is 7.72. The Hall–Kier alpha value is -2.18. The number of thiophene rings is 1. The van der Waals surface area contributed by atoms with Gasteiger partial charge in [0.05, 0.1) is 16.9 Å². The van der Waals surface area contributed by atoms with Gasteiger partial charge in [0, 0.05) is 43.8 Å². The fraction of sp³-hybridized carbons (Fsp3) is 0.435. The third kappa shape index (κ3) is 3.91. The first kappa shape index (κ1) is 21.1. The summed E-state index contributed by atoms with van der Waals surface area (Å²) in [5.74, 6) is 0.647. The quantitative estimate of drug-likeness (QED) is 0.620. The largest absolute Gasteiger partial charge is 0.486 e. The summed E-state index contributed by atoms with van der Waals surface area (Å²) in [5, 5.41) is 2.47. The number of carbonyl (C=O) groups is 3. The van der Waals surface area contributed by atoms with Crippen LogP contribution in [0.1, 0.15) is 63.3 Å². The van der Waals surface area contributed by atoms with Gasteiger partial charge in [-0.05, 0) is 42.5 Å². The summed E-state index contributed by atoms with van der Waals surface area (Å²) in [6, 6.07) is 5.47. The number of amides is 1. The Kier molecular flexibility index (Phi) is 5.73. The fourth-order valence-corrected chi connectivity index (χ4v) is 5.22. The first-order chi connectivity index (χ1) is 14.3. The minimum Gasteiger partial charge on any atom is -0.486 e. The summed E-state index contributed by atoms with van der Waals surface area (Å²) in [4.78, 5) is 40.1. The number of likely N-dealkylation sites (tertiary alicyclic amines) is 1. The molecule has 0 radical (unpaired) electrons. The maximum atomic E-state index is 12.9. The van der Waals surface area contributed by atoms with E-state index in [2.05, 4.69) is 0 Å². The first-order valence-corrected chi connectivity index (χ1v) is 11.4. The molecule has 7 heteroatoms. The SMILES string of the molecule is Cc1cc2c(c(C)c1Cl)C(=O)CC1(CCN(C(=O)CCC(=O)c3cccs3)CC1)O2. The highest BCUT2D eigenvalue weighted by Crippen LogP contribution is 2.43. The van der Waals surface area contributed by atoms with Crippen molar-refractivity contribution in [1.82, 2.24) is 4.90 Å². The first-order valence-electron chi connectivity index (χ1n) is 10.2. The van der Waals surface area contributed by atoms with Crippen molar-refractivity contribution in [3.63, 3.8) is 0 Å². The van der Waals surface area contributed by atoms with E-state index >= 15 is 0 Å². The number of fused-ring (bicyclic) bond motifs is 1. The van der Waals surface area contributed by atoms with E-state index in [0.29, 0.717) is 53.6 Å². The van der Waals surface area contributed by atoms with Crippen LogP contribution in [0.2, 0.25) is 5.02 Å². The number of rotatable bonds is 4. The van der Waals surface area contributed by atoms with Gasteiger partial charge in [0.15, 0.2) is 11.6 Å². The van der Waals surface area contributed by atoms with Gasteiger partial charge in [0.25, 0.3) is 0 Å². The molecule has 0 aliphatic carbocycles. The average Bonchev–Trinajstić information content (AvgIpc) is 3.25. The topological polar surface area (TPSA) is 63.7 Å². The van der Waals surface area contributed by atoms with Crippen molar-refractivity contribution in [2.75, 3.05) is 13.1 Å². The van der Waals surface area contributed by atoms with Crippen molar-refractivity contribution in [2.45, 2.75) is 51.6 Å².